The fraction of sp³-hybridized carbons (Fsp3) is 0.368. The molecule has 0 aliphatic carbocycles. The maximum Gasteiger partial charge on any atom is 0.358 e. The third-order valence-electron chi connectivity index (χ3n) is 4.69. The molecule has 2 aromatic heterocycles. The molecule has 4 rings (SSSR count). The highest BCUT2D eigenvalue weighted by Gasteiger charge is 2.28. The van der Waals surface area contributed by atoms with Gasteiger partial charge in [0.25, 0.3) is 0 Å². The van der Waals surface area contributed by atoms with Crippen molar-refractivity contribution in [3.63, 3.8) is 0 Å². The third-order valence-corrected chi connectivity index (χ3v) is 4.69. The minimum atomic E-state index is -0.437. The first-order valence-electron chi connectivity index (χ1n) is 9.07. The zero-order chi connectivity index (χ0) is 19.0. The number of fused-ring (bicyclic) bond motifs is 5. The van der Waals surface area contributed by atoms with Gasteiger partial charge < -0.3 is 14.4 Å². The Morgan fingerprint density at radius 3 is 2.89 bits per heavy atom. The quantitative estimate of drug-likeness (QED) is 0.543. The number of nitrogens with zero attached hydrogens (tertiary/aromatic N) is 5. The van der Waals surface area contributed by atoms with Gasteiger partial charge in [0, 0.05) is 12.0 Å². The predicted octanol–water partition coefficient (Wildman–Crippen LogP) is 2.11. The van der Waals surface area contributed by atoms with Gasteiger partial charge in [0.05, 0.1) is 31.1 Å². The standard InChI is InChI=1S/C19H21N5O3/c1-3-5-16-21-22-18-13-8-12(10-25)6-7-14(13)24-11-20-17(19(26)27-4-2)15(24)9-23(16)18/h6-8,11,25H,3-5,9-10H2,1-2H3. The van der Waals surface area contributed by atoms with Crippen molar-refractivity contribution in [2.45, 2.75) is 39.8 Å². The van der Waals surface area contributed by atoms with Gasteiger partial charge in [0.15, 0.2) is 11.5 Å². The van der Waals surface area contributed by atoms with Crippen LogP contribution in [0.4, 0.5) is 0 Å². The first-order chi connectivity index (χ1) is 13.2. The number of aryl methyl sites for hydroxylation is 1. The van der Waals surface area contributed by atoms with Crippen molar-refractivity contribution in [1.29, 1.82) is 0 Å². The van der Waals surface area contributed by atoms with Crippen LogP contribution in [0.3, 0.4) is 0 Å². The lowest BCUT2D eigenvalue weighted by molar-refractivity contribution is 0.0518. The average molecular weight is 367 g/mol. The van der Waals surface area contributed by atoms with Gasteiger partial charge >= 0.3 is 5.97 Å². The van der Waals surface area contributed by atoms with Gasteiger partial charge in [-0.1, -0.05) is 13.0 Å². The van der Waals surface area contributed by atoms with Gasteiger partial charge in [-0.3, -0.25) is 4.57 Å². The fourth-order valence-electron chi connectivity index (χ4n) is 3.43. The largest absolute Gasteiger partial charge is 0.461 e. The summed E-state index contributed by atoms with van der Waals surface area (Å²) in [5.41, 5.74) is 3.53. The number of aromatic nitrogens is 5. The Labute approximate surface area is 156 Å². The Bertz CT molecular complexity index is 1000. The topological polar surface area (TPSA) is 95.1 Å². The SMILES string of the molecule is CCCc1nnc2n1Cc1c(C(=O)OCC)ncn1-c1ccc(CO)cc1-2. The first kappa shape index (κ1) is 17.4. The number of ether oxygens (including phenoxy) is 1. The molecule has 8 heteroatoms. The van der Waals surface area contributed by atoms with Crippen molar-refractivity contribution < 1.29 is 14.6 Å². The van der Waals surface area contributed by atoms with Crippen molar-refractivity contribution in [3.8, 4) is 17.1 Å². The van der Waals surface area contributed by atoms with E-state index in [1.165, 1.54) is 0 Å². The average Bonchev–Trinajstić information content (AvgIpc) is 3.24. The molecule has 0 fully saturated rings. The van der Waals surface area contributed by atoms with Gasteiger partial charge in [-0.05, 0) is 31.0 Å². The molecule has 0 amide bonds. The van der Waals surface area contributed by atoms with Crippen molar-refractivity contribution in [2.24, 2.45) is 0 Å². The lowest BCUT2D eigenvalue weighted by Gasteiger charge is -2.10. The van der Waals surface area contributed by atoms with Crippen LogP contribution in [0.25, 0.3) is 17.1 Å². The van der Waals surface area contributed by atoms with Crippen molar-refractivity contribution >= 4 is 5.97 Å². The summed E-state index contributed by atoms with van der Waals surface area (Å²) in [4.78, 5) is 16.7. The molecule has 3 aromatic rings. The van der Waals surface area contributed by atoms with Gasteiger partial charge in [-0.2, -0.15) is 0 Å². The molecule has 0 bridgehead atoms. The summed E-state index contributed by atoms with van der Waals surface area (Å²) in [5, 5.41) is 18.3. The van der Waals surface area contributed by atoms with E-state index in [0.717, 1.165) is 47.0 Å². The predicted molar refractivity (Wildman–Crippen MR) is 97.6 cm³/mol. The summed E-state index contributed by atoms with van der Waals surface area (Å²) in [5.74, 6) is 1.15. The number of imidazole rings is 1. The van der Waals surface area contributed by atoms with E-state index in [1.54, 1.807) is 13.3 Å². The zero-order valence-electron chi connectivity index (χ0n) is 15.3. The Morgan fingerprint density at radius 2 is 2.15 bits per heavy atom. The molecule has 0 spiro atoms. The van der Waals surface area contributed by atoms with E-state index < -0.39 is 5.97 Å². The maximum absolute atomic E-state index is 12.4. The van der Waals surface area contributed by atoms with Gasteiger partial charge in [-0.25, -0.2) is 9.78 Å². The van der Waals surface area contributed by atoms with E-state index in [4.69, 9.17) is 4.74 Å². The zero-order valence-corrected chi connectivity index (χ0v) is 15.3. The summed E-state index contributed by atoms with van der Waals surface area (Å²) in [6.45, 7) is 4.52. The molecule has 8 nitrogen and oxygen atoms in total. The van der Waals surface area contributed by atoms with Crippen LogP contribution in [-0.2, 0) is 24.3 Å². The molecule has 0 saturated carbocycles. The Morgan fingerprint density at radius 1 is 1.30 bits per heavy atom. The molecule has 1 aliphatic rings. The van der Waals surface area contributed by atoms with Gasteiger partial charge in [0.2, 0.25) is 0 Å². The number of benzene rings is 1. The second-order valence-electron chi connectivity index (χ2n) is 6.42. The normalized spacial score (nSPS) is 12.1. The Hall–Kier alpha value is -3.00. The van der Waals surface area contributed by atoms with Crippen molar-refractivity contribution in [2.75, 3.05) is 6.61 Å². The summed E-state index contributed by atoms with van der Waals surface area (Å²) in [6.07, 6.45) is 3.36. The van der Waals surface area contributed by atoms with Crippen molar-refractivity contribution in [1.82, 2.24) is 24.3 Å². The lowest BCUT2D eigenvalue weighted by Crippen LogP contribution is -2.13. The van der Waals surface area contributed by atoms with Crippen LogP contribution in [0.5, 0.6) is 0 Å². The van der Waals surface area contributed by atoms with E-state index in [2.05, 4.69) is 22.1 Å². The molecule has 0 radical (unpaired) electrons. The summed E-state index contributed by atoms with van der Waals surface area (Å²) in [6, 6.07) is 5.67. The van der Waals surface area contributed by atoms with Crippen LogP contribution in [0.2, 0.25) is 0 Å². The molecule has 0 saturated heterocycles. The maximum atomic E-state index is 12.4. The molecule has 1 aromatic carbocycles. The van der Waals surface area contributed by atoms with Crippen LogP contribution in [-0.4, -0.2) is 42.0 Å². The molecular weight excluding hydrogens is 346 g/mol. The van der Waals surface area contributed by atoms with E-state index in [0.29, 0.717) is 18.8 Å². The second kappa shape index (κ2) is 6.96. The number of hydrogen-bond donors (Lipinski definition) is 1. The highest BCUT2D eigenvalue weighted by atomic mass is 16.5. The van der Waals surface area contributed by atoms with E-state index in [9.17, 15) is 9.90 Å². The van der Waals surface area contributed by atoms with Crippen LogP contribution in [0.15, 0.2) is 24.5 Å². The van der Waals surface area contributed by atoms with Crippen LogP contribution >= 0.6 is 0 Å². The molecular formula is C19H21N5O3. The number of hydrogen-bond acceptors (Lipinski definition) is 6. The highest BCUT2D eigenvalue weighted by molar-refractivity contribution is 5.89. The lowest BCUT2D eigenvalue weighted by atomic mass is 10.1. The minimum absolute atomic E-state index is 0.0614. The van der Waals surface area contributed by atoms with E-state index in [-0.39, 0.29) is 6.61 Å². The van der Waals surface area contributed by atoms with Crippen molar-refractivity contribution in [3.05, 3.63) is 47.3 Å². The molecule has 0 atom stereocenters. The third kappa shape index (κ3) is 2.82. The second-order valence-corrected chi connectivity index (χ2v) is 6.42. The summed E-state index contributed by atoms with van der Waals surface area (Å²) in [7, 11) is 0. The first-order valence-corrected chi connectivity index (χ1v) is 9.07. The van der Waals surface area contributed by atoms with E-state index >= 15 is 0 Å². The Balaban J connectivity index is 1.96. The molecule has 1 N–H and O–H groups in total. The molecule has 1 aliphatic heterocycles. The molecule has 3 heterocycles. The number of esters is 1. The number of carbonyl (C=O) groups is 1. The van der Waals surface area contributed by atoms with Crippen LogP contribution in [0.1, 0.15) is 47.8 Å². The highest BCUT2D eigenvalue weighted by Crippen LogP contribution is 2.33. The summed E-state index contributed by atoms with van der Waals surface area (Å²) < 4.78 is 9.09. The number of carbonyl (C=O) groups excluding carboxylic acids is 1. The summed E-state index contributed by atoms with van der Waals surface area (Å²) >= 11 is 0. The van der Waals surface area contributed by atoms with Gasteiger partial charge in [-0.15, -0.1) is 10.2 Å². The molecule has 140 valence electrons. The molecule has 0 unspecified atom stereocenters. The number of aliphatic hydroxyl groups excluding tert-OH is 1. The van der Waals surface area contributed by atoms with Crippen LogP contribution in [0, 0.1) is 0 Å². The van der Waals surface area contributed by atoms with Crippen LogP contribution < -0.4 is 0 Å². The smallest absolute Gasteiger partial charge is 0.358 e. The van der Waals surface area contributed by atoms with Gasteiger partial charge in [0.1, 0.15) is 12.2 Å². The fourth-order valence-corrected chi connectivity index (χ4v) is 3.43. The Kier molecular flexibility index (Phi) is 4.49. The monoisotopic (exact) mass is 367 g/mol. The number of aliphatic hydroxyl groups is 1. The number of rotatable bonds is 5. The van der Waals surface area contributed by atoms with E-state index in [1.807, 2.05) is 27.3 Å². The molecule has 27 heavy (non-hydrogen) atoms. The minimum Gasteiger partial charge on any atom is -0.461 e.